The molecule has 150 valence electrons. The molecule has 0 aliphatic heterocycles. The maximum atomic E-state index is 9.29. The summed E-state index contributed by atoms with van der Waals surface area (Å²) in [6.07, 6.45) is 6.94. The van der Waals surface area contributed by atoms with Gasteiger partial charge >= 0.3 is 0 Å². The fraction of sp³-hybridized carbons (Fsp3) is 0.0952. The van der Waals surface area contributed by atoms with E-state index in [-0.39, 0.29) is 6.61 Å². The molecule has 0 fully saturated rings. The summed E-state index contributed by atoms with van der Waals surface area (Å²) in [6, 6.07) is 13.0. The Labute approximate surface area is 176 Å². The predicted octanol–water partition coefficient (Wildman–Crippen LogP) is 4.26. The van der Waals surface area contributed by atoms with Gasteiger partial charge in [0.1, 0.15) is 23.3 Å². The van der Waals surface area contributed by atoms with Crippen LogP contribution >= 0.6 is 11.6 Å². The van der Waals surface area contributed by atoms with Crippen molar-refractivity contribution < 1.29 is 9.84 Å². The predicted molar refractivity (Wildman–Crippen MR) is 115 cm³/mol. The molecule has 9 heteroatoms. The fourth-order valence-electron chi connectivity index (χ4n) is 3.31. The van der Waals surface area contributed by atoms with Gasteiger partial charge in [-0.05, 0) is 36.4 Å². The first-order valence-electron chi connectivity index (χ1n) is 9.30. The van der Waals surface area contributed by atoms with E-state index >= 15 is 0 Å². The van der Waals surface area contributed by atoms with Crippen LogP contribution in [-0.4, -0.2) is 35.9 Å². The lowest BCUT2D eigenvalue weighted by atomic mass is 10.3. The van der Waals surface area contributed by atoms with Crippen LogP contribution in [-0.2, 0) is 6.54 Å². The van der Waals surface area contributed by atoms with Crippen molar-refractivity contribution in [2.45, 2.75) is 6.54 Å². The van der Waals surface area contributed by atoms with Crippen molar-refractivity contribution in [2.75, 3.05) is 11.9 Å². The molecule has 5 rings (SSSR count). The molecular weight excluding hydrogens is 404 g/mol. The smallest absolute Gasteiger partial charge is 0.158 e. The zero-order valence-electron chi connectivity index (χ0n) is 15.7. The average molecular weight is 421 g/mol. The molecule has 0 spiro atoms. The summed E-state index contributed by atoms with van der Waals surface area (Å²) in [5.41, 5.74) is 3.30. The summed E-state index contributed by atoms with van der Waals surface area (Å²) >= 11 is 6.47. The van der Waals surface area contributed by atoms with Crippen molar-refractivity contribution in [3.05, 3.63) is 72.4 Å². The van der Waals surface area contributed by atoms with Crippen LogP contribution in [0.5, 0.6) is 11.5 Å². The number of nitrogens with one attached hydrogen (secondary N) is 1. The summed E-state index contributed by atoms with van der Waals surface area (Å²) in [5.74, 6) is 1.85. The second kappa shape index (κ2) is 7.66. The van der Waals surface area contributed by atoms with E-state index in [1.54, 1.807) is 22.8 Å². The monoisotopic (exact) mass is 420 g/mol. The average Bonchev–Trinajstić information content (AvgIpc) is 3.38. The number of ether oxygens (including phenoxy) is 1. The molecular formula is C21H17ClN6O2. The first-order chi connectivity index (χ1) is 14.7. The number of pyridine rings is 1. The molecule has 0 aliphatic carbocycles. The van der Waals surface area contributed by atoms with Crippen molar-refractivity contribution in [1.82, 2.24) is 24.1 Å². The van der Waals surface area contributed by atoms with E-state index in [0.29, 0.717) is 28.9 Å². The molecule has 4 heterocycles. The zero-order chi connectivity index (χ0) is 20.5. The molecule has 0 saturated carbocycles. The molecule has 2 N–H and O–H groups in total. The van der Waals surface area contributed by atoms with Crippen LogP contribution in [0.25, 0.3) is 16.6 Å². The minimum absolute atomic E-state index is 0.0288. The lowest BCUT2D eigenvalue weighted by Crippen LogP contribution is -2.04. The molecule has 8 nitrogen and oxygen atoms in total. The van der Waals surface area contributed by atoms with E-state index in [2.05, 4.69) is 20.4 Å². The number of nitrogens with zero attached hydrogens (tertiary/aromatic N) is 5. The molecule has 0 bridgehead atoms. The first-order valence-corrected chi connectivity index (χ1v) is 9.67. The molecule has 4 aromatic heterocycles. The van der Waals surface area contributed by atoms with Gasteiger partial charge in [-0.2, -0.15) is 5.10 Å². The normalized spacial score (nSPS) is 11.3. The highest BCUT2D eigenvalue weighted by molar-refractivity contribution is 6.32. The SMILES string of the molecule is OCCn1ccc2ncnc(Nc3ccc(Oc4ccn5nccc5c4)c(Cl)c3)c21. The highest BCUT2D eigenvalue weighted by Crippen LogP contribution is 2.33. The van der Waals surface area contributed by atoms with Gasteiger partial charge in [0.2, 0.25) is 0 Å². The summed E-state index contributed by atoms with van der Waals surface area (Å²) < 4.78 is 9.61. The Bertz CT molecular complexity index is 1350. The number of rotatable bonds is 6. The van der Waals surface area contributed by atoms with E-state index in [9.17, 15) is 5.11 Å². The molecule has 0 atom stereocenters. The molecule has 1 aromatic carbocycles. The van der Waals surface area contributed by atoms with E-state index in [1.165, 1.54) is 6.33 Å². The molecule has 0 aliphatic rings. The maximum Gasteiger partial charge on any atom is 0.158 e. The first kappa shape index (κ1) is 18.4. The molecule has 0 saturated heterocycles. The van der Waals surface area contributed by atoms with Gasteiger partial charge in [-0.1, -0.05) is 11.6 Å². The Morgan fingerprint density at radius 1 is 1.07 bits per heavy atom. The topological polar surface area (TPSA) is 89.5 Å². The highest BCUT2D eigenvalue weighted by atomic mass is 35.5. The number of anilines is 2. The minimum Gasteiger partial charge on any atom is -0.456 e. The Morgan fingerprint density at radius 3 is 2.87 bits per heavy atom. The highest BCUT2D eigenvalue weighted by Gasteiger charge is 2.11. The molecule has 0 radical (unpaired) electrons. The number of aromatic nitrogens is 5. The van der Waals surface area contributed by atoms with Crippen LogP contribution in [0.15, 0.2) is 67.4 Å². The molecule has 5 aromatic rings. The van der Waals surface area contributed by atoms with Crippen molar-refractivity contribution in [3.63, 3.8) is 0 Å². The van der Waals surface area contributed by atoms with E-state index in [4.69, 9.17) is 16.3 Å². The molecule has 30 heavy (non-hydrogen) atoms. The van der Waals surface area contributed by atoms with E-state index in [0.717, 1.165) is 22.2 Å². The Kier molecular flexibility index (Phi) is 4.70. The lowest BCUT2D eigenvalue weighted by Gasteiger charge is -2.12. The van der Waals surface area contributed by atoms with Crippen LogP contribution in [0.1, 0.15) is 0 Å². The third-order valence-corrected chi connectivity index (χ3v) is 4.98. The van der Waals surface area contributed by atoms with Gasteiger partial charge in [0.05, 0.1) is 22.7 Å². The van der Waals surface area contributed by atoms with Gasteiger partial charge < -0.3 is 19.7 Å². The maximum absolute atomic E-state index is 9.29. The minimum atomic E-state index is 0.0288. The number of aliphatic hydroxyl groups is 1. The van der Waals surface area contributed by atoms with Crippen LogP contribution in [0.4, 0.5) is 11.5 Å². The third-order valence-electron chi connectivity index (χ3n) is 4.68. The quantitative estimate of drug-likeness (QED) is 0.426. The van der Waals surface area contributed by atoms with Crippen LogP contribution in [0, 0.1) is 0 Å². The van der Waals surface area contributed by atoms with Gasteiger partial charge in [-0.3, -0.25) is 0 Å². The largest absolute Gasteiger partial charge is 0.456 e. The van der Waals surface area contributed by atoms with Crippen LogP contribution in [0.3, 0.4) is 0 Å². The van der Waals surface area contributed by atoms with Gasteiger partial charge in [0, 0.05) is 36.9 Å². The van der Waals surface area contributed by atoms with E-state index < -0.39 is 0 Å². The number of hydrogen-bond acceptors (Lipinski definition) is 6. The standard InChI is InChI=1S/C21H17ClN6O2/c22-17-11-14(26-21-20-18(23-13-24-21)5-7-27(20)9-10-29)1-2-19(17)30-16-4-8-28-15(12-16)3-6-25-28/h1-8,11-13,29H,9-10H2,(H,23,24,26). The lowest BCUT2D eigenvalue weighted by molar-refractivity contribution is 0.278. The number of benzene rings is 1. The van der Waals surface area contributed by atoms with Crippen LogP contribution < -0.4 is 10.1 Å². The van der Waals surface area contributed by atoms with Crippen molar-refractivity contribution in [3.8, 4) is 11.5 Å². The second-order valence-corrected chi connectivity index (χ2v) is 7.03. The summed E-state index contributed by atoms with van der Waals surface area (Å²) in [4.78, 5) is 8.63. The summed E-state index contributed by atoms with van der Waals surface area (Å²) in [5, 5.41) is 17.2. The van der Waals surface area contributed by atoms with Crippen LogP contribution in [0.2, 0.25) is 5.02 Å². The number of fused-ring (bicyclic) bond motifs is 2. The Morgan fingerprint density at radius 2 is 2.00 bits per heavy atom. The molecule has 0 amide bonds. The Balaban J connectivity index is 1.41. The van der Waals surface area contributed by atoms with E-state index in [1.807, 2.05) is 47.3 Å². The van der Waals surface area contributed by atoms with Gasteiger partial charge in [0.15, 0.2) is 5.82 Å². The summed E-state index contributed by atoms with van der Waals surface area (Å²) in [6.45, 7) is 0.488. The third kappa shape index (κ3) is 3.42. The van der Waals surface area contributed by atoms with Gasteiger partial charge in [-0.25, -0.2) is 14.5 Å². The van der Waals surface area contributed by atoms with Crippen molar-refractivity contribution in [2.24, 2.45) is 0 Å². The number of aliphatic hydroxyl groups excluding tert-OH is 1. The fourth-order valence-corrected chi connectivity index (χ4v) is 3.53. The molecule has 0 unspecified atom stereocenters. The van der Waals surface area contributed by atoms with Crippen molar-refractivity contribution in [1.29, 1.82) is 0 Å². The second-order valence-electron chi connectivity index (χ2n) is 6.62. The Hall–Kier alpha value is -3.62. The number of hydrogen-bond donors (Lipinski definition) is 2. The van der Waals surface area contributed by atoms with Gasteiger partial charge in [-0.15, -0.1) is 0 Å². The number of halogens is 1. The van der Waals surface area contributed by atoms with Crippen molar-refractivity contribution >= 4 is 39.7 Å². The summed E-state index contributed by atoms with van der Waals surface area (Å²) in [7, 11) is 0. The van der Waals surface area contributed by atoms with Gasteiger partial charge in [0.25, 0.3) is 0 Å². The zero-order valence-corrected chi connectivity index (χ0v) is 16.5.